The van der Waals surface area contributed by atoms with E-state index in [0.717, 1.165) is 17.8 Å². The predicted molar refractivity (Wildman–Crippen MR) is 130 cm³/mol. The van der Waals surface area contributed by atoms with Crippen LogP contribution in [0.15, 0.2) is 79.1 Å². The summed E-state index contributed by atoms with van der Waals surface area (Å²) >= 11 is 5.47. The molecule has 2 N–H and O–H groups in total. The maximum absolute atomic E-state index is 5.47. The SMILES string of the molecule is CCC(C)c1ccc(NC(=S)Nc2cnn(Cc3cccc4ccccc34)c2)cc1. The highest BCUT2D eigenvalue weighted by atomic mass is 32.1. The summed E-state index contributed by atoms with van der Waals surface area (Å²) < 4.78 is 1.92. The van der Waals surface area contributed by atoms with Gasteiger partial charge in [-0.15, -0.1) is 0 Å². The van der Waals surface area contributed by atoms with Crippen molar-refractivity contribution in [2.75, 3.05) is 10.6 Å². The van der Waals surface area contributed by atoms with Gasteiger partial charge >= 0.3 is 0 Å². The van der Waals surface area contributed by atoms with E-state index in [9.17, 15) is 0 Å². The van der Waals surface area contributed by atoms with Crippen LogP contribution in [0.25, 0.3) is 10.8 Å². The molecule has 0 saturated carbocycles. The highest BCUT2D eigenvalue weighted by Gasteiger charge is 2.06. The molecule has 0 amide bonds. The molecule has 0 saturated heterocycles. The van der Waals surface area contributed by atoms with Crippen molar-refractivity contribution < 1.29 is 0 Å². The van der Waals surface area contributed by atoms with E-state index in [4.69, 9.17) is 12.2 Å². The molecule has 0 aliphatic heterocycles. The van der Waals surface area contributed by atoms with Crippen molar-refractivity contribution in [3.8, 4) is 0 Å². The fourth-order valence-corrected chi connectivity index (χ4v) is 3.78. The molecular weight excluding hydrogens is 388 g/mol. The smallest absolute Gasteiger partial charge is 0.175 e. The molecule has 0 bridgehead atoms. The zero-order valence-corrected chi connectivity index (χ0v) is 18.1. The van der Waals surface area contributed by atoms with Crippen molar-refractivity contribution in [2.24, 2.45) is 0 Å². The molecule has 0 fully saturated rings. The Morgan fingerprint density at radius 2 is 1.70 bits per heavy atom. The van der Waals surface area contributed by atoms with E-state index < -0.39 is 0 Å². The van der Waals surface area contributed by atoms with Crippen LogP contribution >= 0.6 is 12.2 Å². The van der Waals surface area contributed by atoms with Crippen LogP contribution in [0.2, 0.25) is 0 Å². The molecule has 3 aromatic carbocycles. The highest BCUT2D eigenvalue weighted by molar-refractivity contribution is 7.80. The minimum atomic E-state index is 0.552. The lowest BCUT2D eigenvalue weighted by Gasteiger charge is -2.12. The fourth-order valence-electron chi connectivity index (χ4n) is 3.54. The Morgan fingerprint density at radius 1 is 0.967 bits per heavy atom. The molecule has 152 valence electrons. The van der Waals surface area contributed by atoms with Gasteiger partial charge in [0.2, 0.25) is 0 Å². The van der Waals surface area contributed by atoms with E-state index in [1.807, 2.05) is 10.9 Å². The first-order chi connectivity index (χ1) is 14.6. The van der Waals surface area contributed by atoms with Crippen molar-refractivity contribution in [1.29, 1.82) is 0 Å². The van der Waals surface area contributed by atoms with E-state index >= 15 is 0 Å². The van der Waals surface area contributed by atoms with Crippen molar-refractivity contribution in [1.82, 2.24) is 9.78 Å². The Balaban J connectivity index is 1.39. The van der Waals surface area contributed by atoms with Crippen LogP contribution in [0.5, 0.6) is 0 Å². The van der Waals surface area contributed by atoms with Crippen molar-refractivity contribution in [3.05, 3.63) is 90.3 Å². The highest BCUT2D eigenvalue weighted by Crippen LogP contribution is 2.21. The first kappa shape index (κ1) is 20.1. The summed E-state index contributed by atoms with van der Waals surface area (Å²) in [4.78, 5) is 0. The molecule has 0 aliphatic rings. The topological polar surface area (TPSA) is 41.9 Å². The molecule has 4 aromatic rings. The fraction of sp³-hybridized carbons (Fsp3) is 0.200. The molecular formula is C25H26N4S. The molecule has 4 rings (SSSR count). The van der Waals surface area contributed by atoms with Gasteiger partial charge in [0.15, 0.2) is 5.11 Å². The zero-order chi connectivity index (χ0) is 20.9. The Kier molecular flexibility index (Phi) is 6.10. The Bertz CT molecular complexity index is 1140. The van der Waals surface area contributed by atoms with Gasteiger partial charge in [-0.25, -0.2) is 0 Å². The lowest BCUT2D eigenvalue weighted by atomic mass is 9.99. The number of nitrogens with one attached hydrogen (secondary N) is 2. The zero-order valence-electron chi connectivity index (χ0n) is 17.3. The summed E-state index contributed by atoms with van der Waals surface area (Å²) in [5, 5.41) is 14.0. The summed E-state index contributed by atoms with van der Waals surface area (Å²) in [7, 11) is 0. The molecule has 4 nitrogen and oxygen atoms in total. The number of thiocarbonyl (C=S) groups is 1. The standard InChI is InChI=1S/C25H26N4S/c1-3-18(2)19-11-13-22(14-12-19)27-25(30)28-23-15-26-29(17-23)16-21-9-6-8-20-7-4-5-10-24(20)21/h4-15,17-18H,3,16H2,1-2H3,(H2,27,28,30). The number of hydrogen-bond acceptors (Lipinski definition) is 2. The lowest BCUT2D eigenvalue weighted by Crippen LogP contribution is -2.18. The molecule has 0 radical (unpaired) electrons. The Morgan fingerprint density at radius 3 is 2.50 bits per heavy atom. The monoisotopic (exact) mass is 414 g/mol. The van der Waals surface area contributed by atoms with E-state index in [1.165, 1.54) is 21.9 Å². The van der Waals surface area contributed by atoms with Crippen LogP contribution in [-0.2, 0) is 6.54 Å². The minimum Gasteiger partial charge on any atom is -0.332 e. The average molecular weight is 415 g/mol. The molecule has 1 aromatic heterocycles. The number of aromatic nitrogens is 2. The lowest BCUT2D eigenvalue weighted by molar-refractivity contribution is 0.690. The molecule has 0 spiro atoms. The van der Waals surface area contributed by atoms with Gasteiger partial charge in [-0.2, -0.15) is 5.10 Å². The molecule has 1 atom stereocenters. The van der Waals surface area contributed by atoms with Gasteiger partial charge in [-0.05, 0) is 58.6 Å². The second kappa shape index (κ2) is 9.09. The van der Waals surface area contributed by atoms with Crippen molar-refractivity contribution in [3.63, 3.8) is 0 Å². The summed E-state index contributed by atoms with van der Waals surface area (Å²) in [5.74, 6) is 0.566. The quantitative estimate of drug-likeness (QED) is 0.358. The van der Waals surface area contributed by atoms with E-state index in [2.05, 4.69) is 96.3 Å². The van der Waals surface area contributed by atoms with Gasteiger partial charge in [-0.1, -0.05) is 68.4 Å². The Hall–Kier alpha value is -3.18. The second-order valence-electron chi connectivity index (χ2n) is 7.58. The summed E-state index contributed by atoms with van der Waals surface area (Å²) in [6, 6.07) is 23.2. The number of nitrogens with zero attached hydrogens (tertiary/aromatic N) is 2. The average Bonchev–Trinajstić information content (AvgIpc) is 3.20. The number of hydrogen-bond donors (Lipinski definition) is 2. The molecule has 0 aliphatic carbocycles. The van der Waals surface area contributed by atoms with Crippen LogP contribution < -0.4 is 10.6 Å². The molecule has 5 heteroatoms. The summed E-state index contributed by atoms with van der Waals surface area (Å²) in [6.45, 7) is 5.15. The maximum Gasteiger partial charge on any atom is 0.175 e. The van der Waals surface area contributed by atoms with Gasteiger partial charge in [0.25, 0.3) is 0 Å². The van der Waals surface area contributed by atoms with Gasteiger partial charge < -0.3 is 10.6 Å². The molecule has 30 heavy (non-hydrogen) atoms. The van der Waals surface area contributed by atoms with Crippen molar-refractivity contribution >= 4 is 39.5 Å². The van der Waals surface area contributed by atoms with Gasteiger partial charge in [0.05, 0.1) is 18.4 Å². The van der Waals surface area contributed by atoms with E-state index in [-0.39, 0.29) is 0 Å². The van der Waals surface area contributed by atoms with Gasteiger partial charge in [-0.3, -0.25) is 4.68 Å². The number of fused-ring (bicyclic) bond motifs is 1. The normalized spacial score (nSPS) is 11.9. The minimum absolute atomic E-state index is 0.552. The van der Waals surface area contributed by atoms with Gasteiger partial charge in [0.1, 0.15) is 0 Å². The second-order valence-corrected chi connectivity index (χ2v) is 7.98. The number of rotatable bonds is 6. The van der Waals surface area contributed by atoms with Gasteiger partial charge in [0, 0.05) is 11.9 Å². The van der Waals surface area contributed by atoms with Crippen LogP contribution in [0.4, 0.5) is 11.4 Å². The summed E-state index contributed by atoms with van der Waals surface area (Å²) in [6.07, 6.45) is 4.91. The third-order valence-electron chi connectivity index (χ3n) is 5.45. The van der Waals surface area contributed by atoms with E-state index in [0.29, 0.717) is 17.6 Å². The van der Waals surface area contributed by atoms with Crippen LogP contribution in [0.3, 0.4) is 0 Å². The largest absolute Gasteiger partial charge is 0.332 e. The maximum atomic E-state index is 5.47. The predicted octanol–water partition coefficient (Wildman–Crippen LogP) is 6.41. The first-order valence-electron chi connectivity index (χ1n) is 10.3. The first-order valence-corrected chi connectivity index (χ1v) is 10.7. The van der Waals surface area contributed by atoms with E-state index in [1.54, 1.807) is 6.20 Å². The van der Waals surface area contributed by atoms with Crippen molar-refractivity contribution in [2.45, 2.75) is 32.7 Å². The van der Waals surface area contributed by atoms with Crippen LogP contribution in [0.1, 0.15) is 37.3 Å². The third-order valence-corrected chi connectivity index (χ3v) is 5.66. The number of benzene rings is 3. The number of anilines is 2. The summed E-state index contributed by atoms with van der Waals surface area (Å²) in [5.41, 5.74) is 4.42. The van der Waals surface area contributed by atoms with Crippen LogP contribution in [0, 0.1) is 0 Å². The third kappa shape index (κ3) is 4.69. The molecule has 1 unspecified atom stereocenters. The molecule has 1 heterocycles. The van der Waals surface area contributed by atoms with Crippen LogP contribution in [-0.4, -0.2) is 14.9 Å². The Labute approximate surface area is 182 Å².